The average Bonchev–Trinajstić information content (AvgIpc) is 1.64. The summed E-state index contributed by atoms with van der Waals surface area (Å²) in [4.78, 5) is 7.29. The molecule has 0 aromatic heterocycles. The van der Waals surface area contributed by atoms with Crippen molar-refractivity contribution >= 4 is 11.9 Å². The minimum absolute atomic E-state index is 0.237. The molecule has 5 N–H and O–H groups in total. The van der Waals surface area contributed by atoms with Crippen LogP contribution in [0.3, 0.4) is 0 Å². The fourth-order valence-electron chi connectivity index (χ4n) is 0.400. The number of guanidine groups is 2. The number of hydrogen-bond donors (Lipinski definition) is 3. The van der Waals surface area contributed by atoms with Gasteiger partial charge in [-0.3, -0.25) is 0 Å². The summed E-state index contributed by atoms with van der Waals surface area (Å²) in [7, 11) is 0. The summed E-state index contributed by atoms with van der Waals surface area (Å²) in [6.07, 6.45) is 0. The van der Waals surface area contributed by atoms with Crippen LogP contribution >= 0.6 is 0 Å². The quantitative estimate of drug-likeness (QED) is 0.345. The fourth-order valence-corrected chi connectivity index (χ4v) is 0.400. The van der Waals surface area contributed by atoms with Gasteiger partial charge in [0.05, 0.1) is 0 Å². The van der Waals surface area contributed by atoms with Gasteiger partial charge in [-0.15, -0.1) is 0 Å². The van der Waals surface area contributed by atoms with Gasteiger partial charge in [0, 0.05) is 0 Å². The fraction of sp³-hybridized carbons (Fsp3) is 0.333. The third-order valence-electron chi connectivity index (χ3n) is 0.736. The van der Waals surface area contributed by atoms with Crippen LogP contribution in [0.15, 0.2) is 9.98 Å². The Morgan fingerprint density at radius 3 is 2.62 bits per heavy atom. The monoisotopic (exact) mass is 113 g/mol. The molecule has 0 aliphatic carbocycles. The van der Waals surface area contributed by atoms with Crippen LogP contribution in [-0.2, 0) is 0 Å². The molecular weight excluding hydrogens is 106 g/mol. The Kier molecular flexibility index (Phi) is 1.03. The van der Waals surface area contributed by atoms with Gasteiger partial charge in [0.1, 0.15) is 6.67 Å². The molecule has 0 saturated heterocycles. The van der Waals surface area contributed by atoms with E-state index in [1.807, 2.05) is 0 Å². The molecule has 0 unspecified atom stereocenters. The van der Waals surface area contributed by atoms with Crippen molar-refractivity contribution in [3.8, 4) is 0 Å². The van der Waals surface area contributed by atoms with Gasteiger partial charge in [-0.2, -0.15) is 4.99 Å². The second-order valence-corrected chi connectivity index (χ2v) is 1.35. The predicted molar refractivity (Wildman–Crippen MR) is 31.2 cm³/mol. The third kappa shape index (κ3) is 0.868. The Labute approximate surface area is 46.5 Å². The first-order chi connectivity index (χ1) is 3.79. The van der Waals surface area contributed by atoms with E-state index in [1.54, 1.807) is 0 Å². The molecule has 0 radical (unpaired) electrons. The van der Waals surface area contributed by atoms with Crippen LogP contribution < -0.4 is 16.8 Å². The number of nitrogens with zero attached hydrogens (tertiary/aromatic N) is 2. The van der Waals surface area contributed by atoms with Crippen LogP contribution in [-0.4, -0.2) is 18.6 Å². The van der Waals surface area contributed by atoms with Gasteiger partial charge in [0.25, 0.3) is 0 Å². The number of rotatable bonds is 0. The molecule has 0 atom stereocenters. The van der Waals surface area contributed by atoms with E-state index in [-0.39, 0.29) is 5.96 Å². The Hall–Kier alpha value is -1.26. The first-order valence-corrected chi connectivity index (χ1v) is 2.17. The maximum absolute atomic E-state index is 5.20. The highest BCUT2D eigenvalue weighted by atomic mass is 15.2. The largest absolute Gasteiger partial charge is 0.370 e. The minimum Gasteiger partial charge on any atom is -0.370 e. The maximum atomic E-state index is 5.20. The second-order valence-electron chi connectivity index (χ2n) is 1.35. The molecule has 1 aliphatic rings. The number of aliphatic imine (C=N–C) groups is 2. The summed E-state index contributed by atoms with van der Waals surface area (Å²) in [5.74, 6) is 0.568. The highest BCUT2D eigenvalue weighted by Gasteiger charge is 1.96. The van der Waals surface area contributed by atoms with Crippen LogP contribution in [0.4, 0.5) is 0 Å². The van der Waals surface area contributed by atoms with E-state index >= 15 is 0 Å². The number of nitrogens with one attached hydrogen (secondary N) is 1. The molecule has 1 rings (SSSR count). The smallest absolute Gasteiger partial charge is 0.220 e. The molecular formula is C3H7N5. The van der Waals surface area contributed by atoms with E-state index in [2.05, 4.69) is 15.3 Å². The molecule has 1 heterocycles. The molecule has 0 saturated carbocycles. The van der Waals surface area contributed by atoms with Crippen molar-refractivity contribution in [3.05, 3.63) is 0 Å². The topological polar surface area (TPSA) is 88.8 Å². The average molecular weight is 113 g/mol. The van der Waals surface area contributed by atoms with E-state index in [4.69, 9.17) is 11.5 Å². The summed E-state index contributed by atoms with van der Waals surface area (Å²) < 4.78 is 0. The Balaban J connectivity index is 2.69. The number of nitrogens with two attached hydrogens (primary N) is 2. The van der Waals surface area contributed by atoms with Gasteiger partial charge >= 0.3 is 0 Å². The molecule has 0 bridgehead atoms. The molecule has 0 amide bonds. The summed E-state index contributed by atoms with van der Waals surface area (Å²) in [5.41, 5.74) is 10.4. The van der Waals surface area contributed by atoms with Crippen LogP contribution in [0.1, 0.15) is 0 Å². The highest BCUT2D eigenvalue weighted by molar-refractivity contribution is 5.94. The Morgan fingerprint density at radius 2 is 2.25 bits per heavy atom. The second kappa shape index (κ2) is 1.69. The zero-order chi connectivity index (χ0) is 5.98. The van der Waals surface area contributed by atoms with Crippen molar-refractivity contribution in [1.29, 1.82) is 0 Å². The van der Waals surface area contributed by atoms with E-state index in [0.717, 1.165) is 0 Å². The Morgan fingerprint density at radius 1 is 1.50 bits per heavy atom. The third-order valence-corrected chi connectivity index (χ3v) is 0.736. The van der Waals surface area contributed by atoms with Crippen LogP contribution in [0.2, 0.25) is 0 Å². The number of hydrogen-bond acceptors (Lipinski definition) is 5. The molecule has 8 heavy (non-hydrogen) atoms. The van der Waals surface area contributed by atoms with Crippen molar-refractivity contribution in [2.75, 3.05) is 6.67 Å². The van der Waals surface area contributed by atoms with Crippen molar-refractivity contribution < 1.29 is 0 Å². The van der Waals surface area contributed by atoms with Crippen molar-refractivity contribution in [2.24, 2.45) is 21.5 Å². The SMILES string of the molecule is NC1=NCNC(N)=N1. The van der Waals surface area contributed by atoms with Gasteiger partial charge in [-0.1, -0.05) is 0 Å². The molecule has 1 aliphatic heterocycles. The molecule has 0 fully saturated rings. The van der Waals surface area contributed by atoms with E-state index in [9.17, 15) is 0 Å². The van der Waals surface area contributed by atoms with E-state index in [1.165, 1.54) is 0 Å². The van der Waals surface area contributed by atoms with Gasteiger partial charge < -0.3 is 16.8 Å². The molecule has 5 nitrogen and oxygen atoms in total. The Bertz CT molecular complexity index is 146. The molecule has 0 spiro atoms. The first kappa shape index (κ1) is 4.89. The lowest BCUT2D eigenvalue weighted by Crippen LogP contribution is -2.37. The summed E-state index contributed by atoms with van der Waals surface area (Å²) in [5, 5.41) is 2.67. The summed E-state index contributed by atoms with van der Waals surface area (Å²) in [6.45, 7) is 0.432. The standard InChI is InChI=1S/C3H7N5/c4-2-6-1-7-3(5)8-2/h1H2,(H5,4,5,6,7,8). The lowest BCUT2D eigenvalue weighted by Gasteiger charge is -2.05. The predicted octanol–water partition coefficient (Wildman–Crippen LogP) is -1.82. The normalized spacial score (nSPS) is 18.5. The molecule has 44 valence electrons. The molecule has 0 aromatic carbocycles. The van der Waals surface area contributed by atoms with Crippen molar-refractivity contribution in [3.63, 3.8) is 0 Å². The van der Waals surface area contributed by atoms with E-state index in [0.29, 0.717) is 12.6 Å². The lowest BCUT2D eigenvalue weighted by molar-refractivity contribution is 0.892. The zero-order valence-electron chi connectivity index (χ0n) is 4.26. The maximum Gasteiger partial charge on any atom is 0.220 e. The summed E-state index contributed by atoms with van der Waals surface area (Å²) in [6, 6.07) is 0. The van der Waals surface area contributed by atoms with Gasteiger partial charge in [-0.25, -0.2) is 4.99 Å². The van der Waals surface area contributed by atoms with Crippen molar-refractivity contribution in [2.45, 2.75) is 0 Å². The van der Waals surface area contributed by atoms with Crippen LogP contribution in [0.5, 0.6) is 0 Å². The van der Waals surface area contributed by atoms with Crippen molar-refractivity contribution in [1.82, 2.24) is 5.32 Å². The van der Waals surface area contributed by atoms with Gasteiger partial charge in [0.2, 0.25) is 5.96 Å². The van der Waals surface area contributed by atoms with Gasteiger partial charge in [0.15, 0.2) is 5.96 Å². The lowest BCUT2D eigenvalue weighted by atomic mass is 10.8. The summed E-state index contributed by atoms with van der Waals surface area (Å²) >= 11 is 0. The van der Waals surface area contributed by atoms with Crippen LogP contribution in [0, 0.1) is 0 Å². The zero-order valence-corrected chi connectivity index (χ0v) is 4.26. The molecule has 0 aromatic rings. The van der Waals surface area contributed by atoms with E-state index < -0.39 is 0 Å². The first-order valence-electron chi connectivity index (χ1n) is 2.17. The van der Waals surface area contributed by atoms with Crippen LogP contribution in [0.25, 0.3) is 0 Å². The minimum atomic E-state index is 0.237. The molecule has 5 heteroatoms. The highest BCUT2D eigenvalue weighted by Crippen LogP contribution is 1.77. The van der Waals surface area contributed by atoms with Gasteiger partial charge in [-0.05, 0) is 0 Å².